The Morgan fingerprint density at radius 2 is 1.36 bits per heavy atom. The van der Waals surface area contributed by atoms with Gasteiger partial charge in [0.05, 0.1) is 19.2 Å². The fourth-order valence-corrected chi connectivity index (χ4v) is 3.49. The fourth-order valence-electron chi connectivity index (χ4n) is 3.49. The Hall–Kier alpha value is -3.93. The minimum Gasteiger partial charge on any atom is -0.497 e. The van der Waals surface area contributed by atoms with Crippen LogP contribution in [0.15, 0.2) is 90.0 Å². The van der Waals surface area contributed by atoms with Crippen molar-refractivity contribution in [1.29, 1.82) is 0 Å². The van der Waals surface area contributed by atoms with Gasteiger partial charge in [-0.25, -0.2) is 5.43 Å². The van der Waals surface area contributed by atoms with Crippen LogP contribution in [0.3, 0.4) is 0 Å². The van der Waals surface area contributed by atoms with E-state index in [1.807, 2.05) is 98.8 Å². The molecule has 0 bridgehead atoms. The molecule has 6 nitrogen and oxygen atoms in total. The Balaban J connectivity index is 1.73. The zero-order valence-corrected chi connectivity index (χ0v) is 19.1. The summed E-state index contributed by atoms with van der Waals surface area (Å²) in [6.07, 6.45) is 1.55. The monoisotopic (exact) mass is 443 g/mol. The number of carbonyl (C=O) groups excluding carboxylic acids is 2. The van der Waals surface area contributed by atoms with Crippen LogP contribution in [0.5, 0.6) is 5.75 Å². The molecular weight excluding hydrogens is 414 g/mol. The van der Waals surface area contributed by atoms with Crippen molar-refractivity contribution < 1.29 is 14.3 Å². The van der Waals surface area contributed by atoms with Crippen molar-refractivity contribution in [3.8, 4) is 5.75 Å². The van der Waals surface area contributed by atoms with Gasteiger partial charge in [-0.3, -0.25) is 9.59 Å². The summed E-state index contributed by atoms with van der Waals surface area (Å²) in [6.45, 7) is 3.77. The van der Waals surface area contributed by atoms with Crippen molar-refractivity contribution in [3.63, 3.8) is 0 Å². The molecule has 0 heterocycles. The number of ether oxygens (including phenoxy) is 1. The maximum atomic E-state index is 13.4. The van der Waals surface area contributed by atoms with Gasteiger partial charge in [0, 0.05) is 0 Å². The van der Waals surface area contributed by atoms with Crippen molar-refractivity contribution in [2.75, 3.05) is 7.11 Å². The highest BCUT2D eigenvalue weighted by Gasteiger charge is 2.29. The minimum atomic E-state index is -0.736. The van der Waals surface area contributed by atoms with Gasteiger partial charge < -0.3 is 10.1 Å². The second kappa shape index (κ2) is 11.6. The molecule has 3 aromatic carbocycles. The number of amides is 2. The molecule has 170 valence electrons. The molecule has 0 aliphatic carbocycles. The van der Waals surface area contributed by atoms with Crippen LogP contribution in [-0.2, 0) is 9.59 Å². The van der Waals surface area contributed by atoms with E-state index in [9.17, 15) is 9.59 Å². The Morgan fingerprint density at radius 3 is 1.85 bits per heavy atom. The number of nitrogens with zero attached hydrogens (tertiary/aromatic N) is 1. The van der Waals surface area contributed by atoms with Crippen molar-refractivity contribution in [1.82, 2.24) is 10.7 Å². The molecule has 0 aliphatic rings. The Labute approximate surface area is 194 Å². The Bertz CT molecular complexity index is 1030. The second-order valence-electron chi connectivity index (χ2n) is 7.99. The lowest BCUT2D eigenvalue weighted by Gasteiger charge is -2.24. The molecule has 33 heavy (non-hydrogen) atoms. The third kappa shape index (κ3) is 6.53. The number of hydrazone groups is 1. The quantitative estimate of drug-likeness (QED) is 0.386. The lowest BCUT2D eigenvalue weighted by molar-refractivity contribution is -0.130. The average molecular weight is 444 g/mol. The molecule has 0 aliphatic heterocycles. The van der Waals surface area contributed by atoms with Crippen LogP contribution < -0.4 is 15.5 Å². The van der Waals surface area contributed by atoms with Gasteiger partial charge in [-0.2, -0.15) is 5.10 Å². The van der Waals surface area contributed by atoms with Gasteiger partial charge in [0.1, 0.15) is 11.8 Å². The predicted molar refractivity (Wildman–Crippen MR) is 130 cm³/mol. The maximum Gasteiger partial charge on any atom is 0.262 e. The highest BCUT2D eigenvalue weighted by Crippen LogP contribution is 2.25. The molecule has 2 amide bonds. The first-order valence-electron chi connectivity index (χ1n) is 10.9. The van der Waals surface area contributed by atoms with Crippen LogP contribution in [-0.4, -0.2) is 31.2 Å². The lowest BCUT2D eigenvalue weighted by atomic mass is 9.89. The highest BCUT2D eigenvalue weighted by molar-refractivity contribution is 5.93. The summed E-state index contributed by atoms with van der Waals surface area (Å²) in [5.74, 6) is -0.518. The molecule has 0 aromatic heterocycles. The number of benzene rings is 3. The van der Waals surface area contributed by atoms with E-state index in [4.69, 9.17) is 4.74 Å². The molecule has 1 unspecified atom stereocenters. The maximum absolute atomic E-state index is 13.4. The van der Waals surface area contributed by atoms with Gasteiger partial charge in [0.2, 0.25) is 5.91 Å². The standard InChI is InChI=1S/C27H29N3O3/c1-19(2)25(27(32)30-28-18-20-14-16-23(33-3)17-15-20)29-26(31)24(21-10-6-4-7-11-21)22-12-8-5-9-13-22/h4-19,24-25H,1-3H3,(H,29,31)(H,30,32). The highest BCUT2D eigenvalue weighted by atomic mass is 16.5. The molecule has 0 saturated carbocycles. The van der Waals surface area contributed by atoms with E-state index in [0.29, 0.717) is 0 Å². The van der Waals surface area contributed by atoms with E-state index in [2.05, 4.69) is 15.8 Å². The van der Waals surface area contributed by atoms with Crippen LogP contribution in [0.25, 0.3) is 0 Å². The zero-order chi connectivity index (χ0) is 23.6. The first-order valence-corrected chi connectivity index (χ1v) is 10.9. The topological polar surface area (TPSA) is 79.8 Å². The zero-order valence-electron chi connectivity index (χ0n) is 19.1. The summed E-state index contributed by atoms with van der Waals surface area (Å²) in [4.78, 5) is 26.2. The normalized spacial score (nSPS) is 12.0. The molecular formula is C27H29N3O3. The Kier molecular flexibility index (Phi) is 8.36. The number of rotatable bonds is 9. The van der Waals surface area contributed by atoms with Gasteiger partial charge in [-0.15, -0.1) is 0 Å². The Morgan fingerprint density at radius 1 is 0.818 bits per heavy atom. The number of carbonyl (C=O) groups is 2. The molecule has 6 heteroatoms. The van der Waals surface area contributed by atoms with Crippen LogP contribution in [0.1, 0.15) is 36.5 Å². The second-order valence-corrected chi connectivity index (χ2v) is 7.99. The number of hydrogen-bond acceptors (Lipinski definition) is 4. The summed E-state index contributed by atoms with van der Waals surface area (Å²) in [7, 11) is 1.60. The fraction of sp³-hybridized carbons (Fsp3) is 0.222. The van der Waals surface area contributed by atoms with E-state index in [1.165, 1.54) is 0 Å². The third-order valence-electron chi connectivity index (χ3n) is 5.28. The molecule has 0 spiro atoms. The predicted octanol–water partition coefficient (Wildman–Crippen LogP) is 4.12. The summed E-state index contributed by atoms with van der Waals surface area (Å²) in [5.41, 5.74) is 5.09. The molecule has 1 atom stereocenters. The summed E-state index contributed by atoms with van der Waals surface area (Å²) < 4.78 is 5.14. The van der Waals surface area contributed by atoms with Crippen molar-refractivity contribution in [2.24, 2.45) is 11.0 Å². The van der Waals surface area contributed by atoms with E-state index >= 15 is 0 Å². The van der Waals surface area contributed by atoms with Crippen LogP contribution in [0, 0.1) is 5.92 Å². The van der Waals surface area contributed by atoms with Gasteiger partial charge >= 0.3 is 0 Å². The van der Waals surface area contributed by atoms with Gasteiger partial charge in [0.15, 0.2) is 0 Å². The van der Waals surface area contributed by atoms with Crippen LogP contribution in [0.4, 0.5) is 0 Å². The molecule has 3 aromatic rings. The van der Waals surface area contributed by atoms with E-state index in [0.717, 1.165) is 22.4 Å². The minimum absolute atomic E-state index is 0.127. The van der Waals surface area contributed by atoms with Crippen LogP contribution >= 0.6 is 0 Å². The molecule has 0 saturated heterocycles. The summed E-state index contributed by atoms with van der Waals surface area (Å²) >= 11 is 0. The molecule has 0 radical (unpaired) electrons. The van der Waals surface area contributed by atoms with Crippen LogP contribution in [0.2, 0.25) is 0 Å². The summed E-state index contributed by atoms with van der Waals surface area (Å²) in [6, 6.07) is 25.7. The van der Waals surface area contributed by atoms with Crippen molar-refractivity contribution >= 4 is 18.0 Å². The number of methoxy groups -OCH3 is 1. The van der Waals surface area contributed by atoms with E-state index in [1.54, 1.807) is 13.3 Å². The smallest absolute Gasteiger partial charge is 0.262 e. The molecule has 2 N–H and O–H groups in total. The molecule has 0 fully saturated rings. The van der Waals surface area contributed by atoms with Gasteiger partial charge in [-0.1, -0.05) is 74.5 Å². The molecule has 3 rings (SSSR count). The average Bonchev–Trinajstić information content (AvgIpc) is 2.84. The number of hydrogen-bond donors (Lipinski definition) is 2. The summed E-state index contributed by atoms with van der Waals surface area (Å²) in [5, 5.41) is 6.99. The lowest BCUT2D eigenvalue weighted by Crippen LogP contribution is -2.50. The van der Waals surface area contributed by atoms with Gasteiger partial charge in [0.25, 0.3) is 5.91 Å². The third-order valence-corrected chi connectivity index (χ3v) is 5.28. The SMILES string of the molecule is COc1ccc(C=NNC(=O)C(NC(=O)C(c2ccccc2)c2ccccc2)C(C)C)cc1. The first kappa shape index (κ1) is 23.7. The largest absolute Gasteiger partial charge is 0.497 e. The first-order chi connectivity index (χ1) is 16.0. The number of nitrogens with one attached hydrogen (secondary N) is 2. The van der Waals surface area contributed by atoms with E-state index in [-0.39, 0.29) is 17.7 Å². The van der Waals surface area contributed by atoms with Crippen molar-refractivity contribution in [2.45, 2.75) is 25.8 Å². The van der Waals surface area contributed by atoms with E-state index < -0.39 is 12.0 Å². The van der Waals surface area contributed by atoms with Crippen molar-refractivity contribution in [3.05, 3.63) is 102 Å². The van der Waals surface area contributed by atoms with Gasteiger partial charge in [-0.05, 0) is 46.9 Å².